The standard InChI is InChI=1S/C15H23N3O3S.ClH/c1-11(18-15(19)13-6-4-8-17-10-13)12-5-3-7-14(9-12)22(20,21)16-2;/h3,5,7,9,11,13,16-17H,4,6,8,10H2,1-2H3,(H,18,19);1H. The number of benzene rings is 1. The molecule has 8 heteroatoms. The Hall–Kier alpha value is -1.15. The molecule has 2 unspecified atom stereocenters. The van der Waals surface area contributed by atoms with Crippen molar-refractivity contribution in [3.63, 3.8) is 0 Å². The number of sulfonamides is 1. The lowest BCUT2D eigenvalue weighted by Gasteiger charge is -2.24. The average molecular weight is 362 g/mol. The maximum Gasteiger partial charge on any atom is 0.240 e. The van der Waals surface area contributed by atoms with Gasteiger partial charge in [0.25, 0.3) is 0 Å². The smallest absolute Gasteiger partial charge is 0.240 e. The van der Waals surface area contributed by atoms with Gasteiger partial charge < -0.3 is 10.6 Å². The summed E-state index contributed by atoms with van der Waals surface area (Å²) in [6.07, 6.45) is 1.89. The zero-order valence-electron chi connectivity index (χ0n) is 13.3. The summed E-state index contributed by atoms with van der Waals surface area (Å²) in [4.78, 5) is 12.4. The SMILES string of the molecule is CNS(=O)(=O)c1cccc(C(C)NC(=O)C2CCCNC2)c1.Cl. The molecule has 0 aliphatic carbocycles. The van der Waals surface area contributed by atoms with E-state index < -0.39 is 10.0 Å². The molecule has 1 saturated heterocycles. The quantitative estimate of drug-likeness (QED) is 0.735. The molecule has 1 amide bonds. The van der Waals surface area contributed by atoms with Crippen molar-refractivity contribution in [1.82, 2.24) is 15.4 Å². The summed E-state index contributed by atoms with van der Waals surface area (Å²) < 4.78 is 26.0. The minimum Gasteiger partial charge on any atom is -0.349 e. The van der Waals surface area contributed by atoms with Crippen LogP contribution in [0.15, 0.2) is 29.2 Å². The van der Waals surface area contributed by atoms with E-state index in [4.69, 9.17) is 0 Å². The highest BCUT2D eigenvalue weighted by Gasteiger charge is 2.22. The molecule has 1 heterocycles. The molecule has 3 N–H and O–H groups in total. The molecule has 0 saturated carbocycles. The molecular formula is C15H24ClN3O3S. The van der Waals surface area contributed by atoms with Gasteiger partial charge in [0.2, 0.25) is 15.9 Å². The number of rotatable bonds is 5. The monoisotopic (exact) mass is 361 g/mol. The Morgan fingerprint density at radius 1 is 1.39 bits per heavy atom. The van der Waals surface area contributed by atoms with Crippen LogP contribution in [0.25, 0.3) is 0 Å². The van der Waals surface area contributed by atoms with Crippen LogP contribution in [0.3, 0.4) is 0 Å². The molecule has 1 aromatic rings. The van der Waals surface area contributed by atoms with Crippen LogP contribution in [-0.4, -0.2) is 34.5 Å². The van der Waals surface area contributed by atoms with Crippen LogP contribution in [0.5, 0.6) is 0 Å². The lowest BCUT2D eigenvalue weighted by atomic mass is 9.98. The first-order valence-corrected chi connectivity index (χ1v) is 8.97. The molecule has 2 atom stereocenters. The molecule has 2 rings (SSSR count). The number of carbonyl (C=O) groups is 1. The van der Waals surface area contributed by atoms with Gasteiger partial charge in [-0.05, 0) is 51.1 Å². The Kier molecular flexibility index (Phi) is 7.47. The van der Waals surface area contributed by atoms with Crippen molar-refractivity contribution in [2.75, 3.05) is 20.1 Å². The molecule has 23 heavy (non-hydrogen) atoms. The molecule has 1 aliphatic heterocycles. The first-order chi connectivity index (χ1) is 10.4. The zero-order valence-corrected chi connectivity index (χ0v) is 15.0. The third-order valence-corrected chi connectivity index (χ3v) is 5.38. The number of piperidine rings is 1. The van der Waals surface area contributed by atoms with Gasteiger partial charge in [0.15, 0.2) is 0 Å². The van der Waals surface area contributed by atoms with Gasteiger partial charge in [-0.15, -0.1) is 12.4 Å². The van der Waals surface area contributed by atoms with Crippen LogP contribution in [0, 0.1) is 5.92 Å². The van der Waals surface area contributed by atoms with E-state index in [1.54, 1.807) is 12.1 Å². The van der Waals surface area contributed by atoms with Crippen molar-refractivity contribution in [2.45, 2.75) is 30.7 Å². The number of halogens is 1. The number of nitrogens with one attached hydrogen (secondary N) is 3. The summed E-state index contributed by atoms with van der Waals surface area (Å²) in [5, 5.41) is 6.19. The van der Waals surface area contributed by atoms with Crippen molar-refractivity contribution >= 4 is 28.3 Å². The Balaban J connectivity index is 0.00000264. The summed E-state index contributed by atoms with van der Waals surface area (Å²) >= 11 is 0. The molecule has 0 spiro atoms. The van der Waals surface area contributed by atoms with E-state index in [1.165, 1.54) is 13.1 Å². The zero-order chi connectivity index (χ0) is 16.2. The average Bonchev–Trinajstić information content (AvgIpc) is 2.55. The Morgan fingerprint density at radius 3 is 2.74 bits per heavy atom. The molecule has 1 aliphatic rings. The van der Waals surface area contributed by atoms with E-state index in [1.807, 2.05) is 13.0 Å². The third-order valence-electron chi connectivity index (χ3n) is 3.96. The number of hydrogen-bond donors (Lipinski definition) is 3. The second-order valence-corrected chi connectivity index (χ2v) is 7.44. The summed E-state index contributed by atoms with van der Waals surface area (Å²) in [6.45, 7) is 3.52. The van der Waals surface area contributed by atoms with Gasteiger partial charge in [0, 0.05) is 6.54 Å². The Labute approximate surface area is 143 Å². The van der Waals surface area contributed by atoms with Gasteiger partial charge in [-0.1, -0.05) is 12.1 Å². The van der Waals surface area contributed by atoms with E-state index in [2.05, 4.69) is 15.4 Å². The first kappa shape index (κ1) is 19.9. The van der Waals surface area contributed by atoms with E-state index in [0.717, 1.165) is 24.9 Å². The molecular weight excluding hydrogens is 338 g/mol. The van der Waals surface area contributed by atoms with Gasteiger partial charge in [0.1, 0.15) is 0 Å². The summed E-state index contributed by atoms with van der Waals surface area (Å²) in [6, 6.07) is 6.40. The minimum absolute atomic E-state index is 0. The summed E-state index contributed by atoms with van der Waals surface area (Å²) in [5.41, 5.74) is 0.772. The van der Waals surface area contributed by atoms with Crippen LogP contribution >= 0.6 is 12.4 Å². The van der Waals surface area contributed by atoms with Crippen LogP contribution in [0.1, 0.15) is 31.4 Å². The van der Waals surface area contributed by atoms with Crippen molar-refractivity contribution in [1.29, 1.82) is 0 Å². The Morgan fingerprint density at radius 2 is 2.13 bits per heavy atom. The number of amides is 1. The van der Waals surface area contributed by atoms with Crippen LogP contribution in [0.2, 0.25) is 0 Å². The van der Waals surface area contributed by atoms with Crippen molar-refractivity contribution in [3.05, 3.63) is 29.8 Å². The second kappa shape index (κ2) is 8.63. The molecule has 0 aromatic heterocycles. The first-order valence-electron chi connectivity index (χ1n) is 7.48. The number of carbonyl (C=O) groups excluding carboxylic acids is 1. The van der Waals surface area contributed by atoms with Crippen molar-refractivity contribution in [3.8, 4) is 0 Å². The lowest BCUT2D eigenvalue weighted by molar-refractivity contribution is -0.126. The lowest BCUT2D eigenvalue weighted by Crippen LogP contribution is -2.41. The summed E-state index contributed by atoms with van der Waals surface area (Å²) in [7, 11) is -2.10. The maximum absolute atomic E-state index is 12.2. The predicted octanol–water partition coefficient (Wildman–Crippen LogP) is 1.19. The van der Waals surface area contributed by atoms with Crippen LogP contribution in [0.4, 0.5) is 0 Å². The van der Waals surface area contributed by atoms with E-state index in [9.17, 15) is 13.2 Å². The predicted molar refractivity (Wildman–Crippen MR) is 92.1 cm³/mol. The summed E-state index contributed by atoms with van der Waals surface area (Å²) in [5.74, 6) is 0.00185. The van der Waals surface area contributed by atoms with E-state index in [-0.39, 0.29) is 35.2 Å². The minimum atomic E-state index is -3.48. The normalized spacial score (nSPS) is 19.5. The maximum atomic E-state index is 12.2. The molecule has 0 bridgehead atoms. The topological polar surface area (TPSA) is 87.3 Å². The van der Waals surface area contributed by atoms with Crippen molar-refractivity contribution in [2.24, 2.45) is 5.92 Å². The molecule has 1 aromatic carbocycles. The van der Waals surface area contributed by atoms with Gasteiger partial charge in [-0.2, -0.15) is 0 Å². The fourth-order valence-electron chi connectivity index (χ4n) is 2.56. The largest absolute Gasteiger partial charge is 0.349 e. The fourth-order valence-corrected chi connectivity index (χ4v) is 3.34. The molecule has 1 fully saturated rings. The van der Waals surface area contributed by atoms with Gasteiger partial charge >= 0.3 is 0 Å². The van der Waals surface area contributed by atoms with Gasteiger partial charge in [-0.3, -0.25) is 4.79 Å². The van der Waals surface area contributed by atoms with Crippen LogP contribution < -0.4 is 15.4 Å². The highest BCUT2D eigenvalue weighted by atomic mass is 35.5. The molecule has 130 valence electrons. The van der Waals surface area contributed by atoms with Crippen molar-refractivity contribution < 1.29 is 13.2 Å². The van der Waals surface area contributed by atoms with Gasteiger partial charge in [-0.25, -0.2) is 13.1 Å². The highest BCUT2D eigenvalue weighted by molar-refractivity contribution is 7.89. The van der Waals surface area contributed by atoms with Crippen LogP contribution in [-0.2, 0) is 14.8 Å². The van der Waals surface area contributed by atoms with E-state index in [0.29, 0.717) is 6.54 Å². The van der Waals surface area contributed by atoms with Gasteiger partial charge in [0.05, 0.1) is 16.9 Å². The second-order valence-electron chi connectivity index (χ2n) is 5.55. The Bertz CT molecular complexity index is 631. The highest BCUT2D eigenvalue weighted by Crippen LogP contribution is 2.19. The molecule has 6 nitrogen and oxygen atoms in total. The third kappa shape index (κ3) is 5.17. The number of hydrogen-bond acceptors (Lipinski definition) is 4. The molecule has 0 radical (unpaired) electrons. The van der Waals surface area contributed by atoms with E-state index >= 15 is 0 Å². The fraction of sp³-hybridized carbons (Fsp3) is 0.533.